The summed E-state index contributed by atoms with van der Waals surface area (Å²) in [7, 11) is 1.69. The molecule has 1 unspecified atom stereocenters. The highest BCUT2D eigenvalue weighted by Gasteiger charge is 2.32. The third-order valence-electron chi connectivity index (χ3n) is 3.79. The van der Waals surface area contributed by atoms with Crippen LogP contribution in [0.15, 0.2) is 18.2 Å². The van der Waals surface area contributed by atoms with Crippen molar-refractivity contribution in [3.8, 4) is 0 Å². The summed E-state index contributed by atoms with van der Waals surface area (Å²) in [5.41, 5.74) is 1.21. The number of nitro benzene ring substituents is 1. The van der Waals surface area contributed by atoms with Gasteiger partial charge < -0.3 is 9.64 Å². The normalized spacial score (nSPS) is 15.9. The van der Waals surface area contributed by atoms with Gasteiger partial charge in [-0.25, -0.2) is 0 Å². The first-order valence-electron chi connectivity index (χ1n) is 6.74. The quantitative estimate of drug-likeness (QED) is 0.407. The summed E-state index contributed by atoms with van der Waals surface area (Å²) in [5, 5.41) is 10.9. The van der Waals surface area contributed by atoms with Crippen LogP contribution < -0.4 is 4.90 Å². The number of nitrogens with zero attached hydrogens (tertiary/aromatic N) is 2. The van der Waals surface area contributed by atoms with Crippen LogP contribution in [0.25, 0.3) is 0 Å². The van der Waals surface area contributed by atoms with E-state index in [0.29, 0.717) is 16.2 Å². The Kier molecular flexibility index (Phi) is 5.20. The van der Waals surface area contributed by atoms with Crippen LogP contribution in [0.2, 0.25) is 0 Å². The third kappa shape index (κ3) is 3.60. The molecule has 20 heavy (non-hydrogen) atoms. The number of anilines is 1. The highest BCUT2D eigenvalue weighted by molar-refractivity contribution is 14.1. The average Bonchev–Trinajstić information content (AvgIpc) is 3.22. The number of ether oxygens (including phenoxy) is 1. The van der Waals surface area contributed by atoms with Gasteiger partial charge in [0.1, 0.15) is 0 Å². The molecule has 1 aromatic rings. The van der Waals surface area contributed by atoms with Crippen LogP contribution in [0.5, 0.6) is 0 Å². The fourth-order valence-corrected chi connectivity index (χ4v) is 3.11. The molecular formula is C14H19IN2O3. The number of halogens is 1. The van der Waals surface area contributed by atoms with Crippen LogP contribution in [0.1, 0.15) is 19.8 Å². The zero-order valence-corrected chi connectivity index (χ0v) is 13.9. The van der Waals surface area contributed by atoms with Gasteiger partial charge in [0.2, 0.25) is 0 Å². The lowest BCUT2D eigenvalue weighted by Crippen LogP contribution is -2.37. The lowest BCUT2D eigenvalue weighted by Gasteiger charge is -2.31. The Morgan fingerprint density at radius 2 is 2.25 bits per heavy atom. The Bertz CT molecular complexity index is 491. The van der Waals surface area contributed by atoms with E-state index in [1.54, 1.807) is 13.2 Å². The van der Waals surface area contributed by atoms with Crippen molar-refractivity contribution in [3.63, 3.8) is 0 Å². The van der Waals surface area contributed by atoms with Gasteiger partial charge in [-0.05, 0) is 60.4 Å². The molecule has 1 atom stereocenters. The maximum Gasteiger partial charge on any atom is 0.282 e. The number of hydrogen-bond donors (Lipinski definition) is 0. The van der Waals surface area contributed by atoms with E-state index in [4.69, 9.17) is 4.74 Å². The number of methoxy groups -OCH3 is 1. The Morgan fingerprint density at radius 1 is 1.55 bits per heavy atom. The molecule has 0 saturated heterocycles. The maximum absolute atomic E-state index is 10.9. The van der Waals surface area contributed by atoms with Crippen molar-refractivity contribution in [1.29, 1.82) is 0 Å². The van der Waals surface area contributed by atoms with Crippen molar-refractivity contribution in [1.82, 2.24) is 0 Å². The molecule has 0 aliphatic heterocycles. The van der Waals surface area contributed by atoms with Crippen molar-refractivity contribution in [2.24, 2.45) is 5.92 Å². The lowest BCUT2D eigenvalue weighted by molar-refractivity contribution is -0.385. The zero-order valence-electron chi connectivity index (χ0n) is 11.7. The summed E-state index contributed by atoms with van der Waals surface area (Å²) in [6.45, 7) is 3.69. The number of rotatable bonds is 7. The summed E-state index contributed by atoms with van der Waals surface area (Å²) < 4.78 is 5.86. The molecule has 1 aliphatic carbocycles. The molecule has 0 N–H and O–H groups in total. The van der Waals surface area contributed by atoms with Gasteiger partial charge in [-0.2, -0.15) is 0 Å². The first kappa shape index (κ1) is 15.5. The minimum atomic E-state index is -0.338. The van der Waals surface area contributed by atoms with Crippen LogP contribution >= 0.6 is 22.6 Å². The molecule has 1 aliphatic rings. The van der Waals surface area contributed by atoms with Gasteiger partial charge in [0.25, 0.3) is 5.69 Å². The first-order valence-corrected chi connectivity index (χ1v) is 7.82. The molecule has 110 valence electrons. The largest absolute Gasteiger partial charge is 0.383 e. The molecule has 1 saturated carbocycles. The van der Waals surface area contributed by atoms with Gasteiger partial charge in [-0.3, -0.25) is 10.1 Å². The summed E-state index contributed by atoms with van der Waals surface area (Å²) in [6.07, 6.45) is 2.55. The zero-order chi connectivity index (χ0) is 14.7. The molecule has 0 bridgehead atoms. The molecule has 5 nitrogen and oxygen atoms in total. The monoisotopic (exact) mass is 390 g/mol. The van der Waals surface area contributed by atoms with Crippen molar-refractivity contribution < 1.29 is 9.66 Å². The van der Waals surface area contributed by atoms with Crippen LogP contribution in [-0.4, -0.2) is 31.2 Å². The average molecular weight is 390 g/mol. The molecule has 6 heteroatoms. The molecule has 1 fully saturated rings. The topological polar surface area (TPSA) is 55.6 Å². The van der Waals surface area contributed by atoms with Gasteiger partial charge in [-0.1, -0.05) is 0 Å². The van der Waals surface area contributed by atoms with Crippen LogP contribution in [0.4, 0.5) is 11.4 Å². The highest BCUT2D eigenvalue weighted by atomic mass is 127. The Balaban J connectivity index is 2.23. The standard InChI is InChI=1S/C14H19IN2O3/c1-10(11-3-4-11)16(7-8-20-2)12-5-6-14(17(18)19)13(15)9-12/h5-6,9-11H,3-4,7-8H2,1-2H3. The molecule has 0 heterocycles. The van der Waals surface area contributed by atoms with Crippen LogP contribution in [-0.2, 0) is 4.74 Å². The molecule has 0 amide bonds. The van der Waals surface area contributed by atoms with E-state index < -0.39 is 0 Å². The highest BCUT2D eigenvalue weighted by Crippen LogP contribution is 2.37. The summed E-state index contributed by atoms with van der Waals surface area (Å²) in [5.74, 6) is 0.736. The molecule has 0 radical (unpaired) electrons. The Labute approximate surface area is 132 Å². The molecule has 1 aromatic carbocycles. The molecule has 0 spiro atoms. The van der Waals surface area contributed by atoms with E-state index >= 15 is 0 Å². The fraction of sp³-hybridized carbons (Fsp3) is 0.571. The van der Waals surface area contributed by atoms with Crippen molar-refractivity contribution in [3.05, 3.63) is 31.9 Å². The van der Waals surface area contributed by atoms with E-state index in [1.165, 1.54) is 12.8 Å². The van der Waals surface area contributed by atoms with E-state index in [-0.39, 0.29) is 10.6 Å². The SMILES string of the molecule is COCCN(c1ccc([N+](=O)[O-])c(I)c1)C(C)C1CC1. The van der Waals surface area contributed by atoms with Crippen molar-refractivity contribution in [2.75, 3.05) is 25.2 Å². The molecule has 2 rings (SSSR count). The smallest absolute Gasteiger partial charge is 0.282 e. The van der Waals surface area contributed by atoms with Crippen LogP contribution in [0.3, 0.4) is 0 Å². The van der Waals surface area contributed by atoms with Gasteiger partial charge >= 0.3 is 0 Å². The van der Waals surface area contributed by atoms with Gasteiger partial charge in [-0.15, -0.1) is 0 Å². The second-order valence-electron chi connectivity index (χ2n) is 5.16. The Hall–Kier alpha value is -0.890. The minimum Gasteiger partial charge on any atom is -0.383 e. The van der Waals surface area contributed by atoms with Crippen LogP contribution in [0, 0.1) is 19.6 Å². The van der Waals surface area contributed by atoms with E-state index in [2.05, 4.69) is 11.8 Å². The lowest BCUT2D eigenvalue weighted by atomic mass is 10.1. The van der Waals surface area contributed by atoms with E-state index in [0.717, 1.165) is 18.2 Å². The van der Waals surface area contributed by atoms with E-state index in [1.807, 2.05) is 34.7 Å². The van der Waals surface area contributed by atoms with Gasteiger partial charge in [0.05, 0.1) is 15.1 Å². The predicted molar refractivity (Wildman–Crippen MR) is 87.2 cm³/mol. The summed E-state index contributed by atoms with van der Waals surface area (Å²) in [6, 6.07) is 5.78. The number of nitro groups is 1. The van der Waals surface area contributed by atoms with Crippen molar-refractivity contribution >= 4 is 34.0 Å². The van der Waals surface area contributed by atoms with Gasteiger partial charge in [0, 0.05) is 31.5 Å². The second-order valence-corrected chi connectivity index (χ2v) is 6.32. The summed E-state index contributed by atoms with van der Waals surface area (Å²) in [4.78, 5) is 12.9. The molecule has 0 aromatic heterocycles. The van der Waals surface area contributed by atoms with Gasteiger partial charge in [0.15, 0.2) is 0 Å². The Morgan fingerprint density at radius 3 is 2.75 bits per heavy atom. The maximum atomic E-state index is 10.9. The third-order valence-corrected chi connectivity index (χ3v) is 4.66. The fourth-order valence-electron chi connectivity index (χ4n) is 2.41. The van der Waals surface area contributed by atoms with Crippen molar-refractivity contribution in [2.45, 2.75) is 25.8 Å². The first-order chi connectivity index (χ1) is 9.54. The summed E-state index contributed by atoms with van der Waals surface area (Å²) >= 11 is 2.03. The number of benzene rings is 1. The predicted octanol–water partition coefficient (Wildman–Crippen LogP) is 3.45. The second kappa shape index (κ2) is 6.71. The van der Waals surface area contributed by atoms with E-state index in [9.17, 15) is 10.1 Å². The molecular weight excluding hydrogens is 371 g/mol. The number of hydrogen-bond acceptors (Lipinski definition) is 4. The minimum absolute atomic E-state index is 0.167.